The quantitative estimate of drug-likeness (QED) is 0.270. The van der Waals surface area contributed by atoms with Crippen LogP contribution in [-0.4, -0.2) is 76.0 Å². The highest BCUT2D eigenvalue weighted by Crippen LogP contribution is 2.12. The van der Waals surface area contributed by atoms with Crippen LogP contribution in [0.1, 0.15) is 0 Å². The Morgan fingerprint density at radius 3 is 1.71 bits per heavy atom. The molecule has 0 saturated carbocycles. The van der Waals surface area contributed by atoms with Crippen molar-refractivity contribution >= 4 is 23.4 Å². The van der Waals surface area contributed by atoms with Crippen LogP contribution in [-0.2, 0) is 0 Å². The molecule has 1 aromatic heterocycles. The maximum Gasteiger partial charge on any atom is 0.319 e. The van der Waals surface area contributed by atoms with Crippen LogP contribution < -0.4 is 21.3 Å². The molecule has 1 aromatic rings. The van der Waals surface area contributed by atoms with Crippen LogP contribution in [0.2, 0.25) is 0 Å². The number of carbonyl (C=O) groups excluding carboxylic acids is 2. The molecule has 0 aliphatic carbocycles. The van der Waals surface area contributed by atoms with E-state index < -0.39 is 37.5 Å². The van der Waals surface area contributed by atoms with Crippen molar-refractivity contribution in [2.24, 2.45) is 0 Å². The third-order valence-electron chi connectivity index (χ3n) is 2.67. The third kappa shape index (κ3) is 7.69. The van der Waals surface area contributed by atoms with Crippen molar-refractivity contribution in [3.05, 3.63) is 18.5 Å². The molecule has 134 valence electrons. The van der Waals surface area contributed by atoms with Crippen LogP contribution >= 0.6 is 0 Å². The first-order valence-electron chi connectivity index (χ1n) is 7.07. The minimum atomic E-state index is -1.06. The SMILES string of the molecule is O=C(NCC(O)CO)Nc1cncc(NC(=O)NCC(O)CO)c1. The molecule has 11 heteroatoms. The van der Waals surface area contributed by atoms with Crippen LogP contribution in [0.15, 0.2) is 18.5 Å². The average molecular weight is 343 g/mol. The number of nitrogens with one attached hydrogen (secondary N) is 4. The molecule has 0 spiro atoms. The smallest absolute Gasteiger partial charge is 0.319 e. The van der Waals surface area contributed by atoms with Crippen LogP contribution in [0.4, 0.5) is 21.0 Å². The fourth-order valence-electron chi connectivity index (χ4n) is 1.48. The molecule has 8 N–H and O–H groups in total. The number of aliphatic hydroxyl groups excluding tert-OH is 4. The molecule has 0 fully saturated rings. The van der Waals surface area contributed by atoms with Crippen LogP contribution in [0.5, 0.6) is 0 Å². The van der Waals surface area contributed by atoms with Gasteiger partial charge in [0.05, 0.1) is 49.2 Å². The fraction of sp³-hybridized carbons (Fsp3) is 0.462. The van der Waals surface area contributed by atoms with Gasteiger partial charge < -0.3 is 41.7 Å². The Morgan fingerprint density at radius 2 is 1.33 bits per heavy atom. The largest absolute Gasteiger partial charge is 0.394 e. The second-order valence-electron chi connectivity index (χ2n) is 4.81. The highest BCUT2D eigenvalue weighted by atomic mass is 16.3. The summed E-state index contributed by atoms with van der Waals surface area (Å²) in [6, 6.07) is 0.214. The lowest BCUT2D eigenvalue weighted by atomic mass is 10.3. The minimum Gasteiger partial charge on any atom is -0.394 e. The standard InChI is InChI=1S/C13H21N5O6/c19-6-10(21)4-15-12(23)17-8-1-9(3-14-2-8)18-13(24)16-5-11(22)7-20/h1-3,10-11,19-22H,4-7H2,(H2,15,17,23)(H2,16,18,24). The predicted octanol–water partition coefficient (Wildman–Crippen LogP) is -1.97. The summed E-state index contributed by atoms with van der Waals surface area (Å²) >= 11 is 0. The Kier molecular flexibility index (Phi) is 8.43. The van der Waals surface area contributed by atoms with E-state index in [1.807, 2.05) is 0 Å². The summed E-state index contributed by atoms with van der Waals surface area (Å²) in [6.07, 6.45) is 0.584. The third-order valence-corrected chi connectivity index (χ3v) is 2.67. The van der Waals surface area contributed by atoms with Crippen LogP contribution in [0, 0.1) is 0 Å². The van der Waals surface area contributed by atoms with Gasteiger partial charge in [0.15, 0.2) is 0 Å². The van der Waals surface area contributed by atoms with Gasteiger partial charge in [-0.15, -0.1) is 0 Å². The number of anilines is 2. The molecule has 2 atom stereocenters. The van der Waals surface area contributed by atoms with E-state index in [0.717, 1.165) is 0 Å². The number of urea groups is 2. The Balaban J connectivity index is 2.48. The topological polar surface area (TPSA) is 176 Å². The fourth-order valence-corrected chi connectivity index (χ4v) is 1.48. The highest BCUT2D eigenvalue weighted by molar-refractivity contribution is 5.92. The highest BCUT2D eigenvalue weighted by Gasteiger charge is 2.08. The van der Waals surface area contributed by atoms with Crippen molar-refractivity contribution < 1.29 is 30.0 Å². The van der Waals surface area contributed by atoms with Gasteiger partial charge in [0.2, 0.25) is 0 Å². The Morgan fingerprint density at radius 1 is 0.917 bits per heavy atom. The van der Waals surface area contributed by atoms with Gasteiger partial charge in [-0.2, -0.15) is 0 Å². The summed E-state index contributed by atoms with van der Waals surface area (Å²) in [7, 11) is 0. The molecule has 0 bridgehead atoms. The second kappa shape index (κ2) is 10.3. The Labute approximate surface area is 137 Å². The Hall–Kier alpha value is -2.47. The zero-order valence-corrected chi connectivity index (χ0v) is 12.8. The van der Waals surface area contributed by atoms with E-state index in [1.165, 1.54) is 18.5 Å². The summed E-state index contributed by atoms with van der Waals surface area (Å²) in [5.74, 6) is 0. The van der Waals surface area contributed by atoms with Crippen LogP contribution in [0.3, 0.4) is 0 Å². The lowest BCUT2D eigenvalue weighted by molar-refractivity contribution is 0.0965. The Bertz CT molecular complexity index is 500. The number of hydrogen-bond donors (Lipinski definition) is 8. The van der Waals surface area contributed by atoms with E-state index >= 15 is 0 Å². The van der Waals surface area contributed by atoms with E-state index in [0.29, 0.717) is 11.4 Å². The monoisotopic (exact) mass is 343 g/mol. The van der Waals surface area contributed by atoms with Gasteiger partial charge in [0.1, 0.15) is 0 Å². The van der Waals surface area contributed by atoms with E-state index in [4.69, 9.17) is 20.4 Å². The maximum atomic E-state index is 11.6. The number of aromatic nitrogens is 1. The molecule has 0 aromatic carbocycles. The number of rotatable bonds is 8. The van der Waals surface area contributed by atoms with Gasteiger partial charge in [0, 0.05) is 13.1 Å². The second-order valence-corrected chi connectivity index (χ2v) is 4.81. The first kappa shape index (κ1) is 19.6. The molecule has 24 heavy (non-hydrogen) atoms. The van der Waals surface area contributed by atoms with Crippen molar-refractivity contribution in [3.8, 4) is 0 Å². The number of hydrogen-bond acceptors (Lipinski definition) is 7. The first-order valence-corrected chi connectivity index (χ1v) is 7.07. The molecule has 2 unspecified atom stereocenters. The average Bonchev–Trinajstić information content (AvgIpc) is 2.57. The molecule has 0 radical (unpaired) electrons. The predicted molar refractivity (Wildman–Crippen MR) is 84.5 cm³/mol. The summed E-state index contributed by atoms with van der Waals surface area (Å²) in [5.41, 5.74) is 0.582. The number of amides is 4. The number of nitrogens with zero attached hydrogens (tertiary/aromatic N) is 1. The van der Waals surface area contributed by atoms with Crippen molar-refractivity contribution in [3.63, 3.8) is 0 Å². The number of pyridine rings is 1. The molecule has 1 rings (SSSR count). The molecule has 4 amide bonds. The van der Waals surface area contributed by atoms with Gasteiger partial charge >= 0.3 is 12.1 Å². The van der Waals surface area contributed by atoms with Crippen molar-refractivity contribution in [1.29, 1.82) is 0 Å². The molecule has 0 aliphatic heterocycles. The number of aliphatic hydroxyl groups is 4. The first-order chi connectivity index (χ1) is 11.4. The molecule has 0 saturated heterocycles. The normalized spacial score (nSPS) is 12.8. The van der Waals surface area contributed by atoms with Gasteiger partial charge in [-0.3, -0.25) is 4.98 Å². The van der Waals surface area contributed by atoms with E-state index in [-0.39, 0.29) is 13.1 Å². The summed E-state index contributed by atoms with van der Waals surface area (Å²) < 4.78 is 0. The van der Waals surface area contributed by atoms with Gasteiger partial charge in [-0.25, -0.2) is 9.59 Å². The summed E-state index contributed by atoms with van der Waals surface area (Å²) in [4.78, 5) is 27.0. The van der Waals surface area contributed by atoms with Crippen molar-refractivity contribution in [2.75, 3.05) is 36.9 Å². The van der Waals surface area contributed by atoms with Crippen molar-refractivity contribution in [1.82, 2.24) is 15.6 Å². The van der Waals surface area contributed by atoms with Crippen molar-refractivity contribution in [2.45, 2.75) is 12.2 Å². The van der Waals surface area contributed by atoms with Crippen LogP contribution in [0.25, 0.3) is 0 Å². The lowest BCUT2D eigenvalue weighted by Gasteiger charge is -2.12. The summed E-state index contributed by atoms with van der Waals surface area (Å²) in [5, 5.41) is 45.1. The molecule has 0 aliphatic rings. The number of carbonyl (C=O) groups is 2. The molecule has 11 nitrogen and oxygen atoms in total. The minimum absolute atomic E-state index is 0.122. The van der Waals surface area contributed by atoms with Gasteiger partial charge in [-0.1, -0.05) is 0 Å². The maximum absolute atomic E-state index is 11.6. The summed E-state index contributed by atoms with van der Waals surface area (Å²) in [6.45, 7) is -1.19. The van der Waals surface area contributed by atoms with E-state index in [1.54, 1.807) is 0 Å². The van der Waals surface area contributed by atoms with E-state index in [2.05, 4.69) is 26.3 Å². The molecular formula is C13H21N5O6. The zero-order chi connectivity index (χ0) is 17.9. The lowest BCUT2D eigenvalue weighted by Crippen LogP contribution is -2.37. The van der Waals surface area contributed by atoms with Gasteiger partial charge in [-0.05, 0) is 6.07 Å². The molecular weight excluding hydrogens is 322 g/mol. The van der Waals surface area contributed by atoms with Gasteiger partial charge in [0.25, 0.3) is 0 Å². The molecule has 1 heterocycles. The van der Waals surface area contributed by atoms with E-state index in [9.17, 15) is 9.59 Å². The zero-order valence-electron chi connectivity index (χ0n) is 12.8.